The number of aromatic nitrogens is 3. The van der Waals surface area contributed by atoms with Gasteiger partial charge < -0.3 is 9.64 Å². The van der Waals surface area contributed by atoms with Gasteiger partial charge in [-0.15, -0.1) is 0 Å². The fourth-order valence-corrected chi connectivity index (χ4v) is 5.78. The lowest BCUT2D eigenvalue weighted by atomic mass is 9.98. The predicted octanol–water partition coefficient (Wildman–Crippen LogP) is 5.63. The summed E-state index contributed by atoms with van der Waals surface area (Å²) in [6.45, 7) is 4.50. The molecule has 2 aliphatic rings. The van der Waals surface area contributed by atoms with Gasteiger partial charge in [-0.2, -0.15) is 14.0 Å². The number of likely N-dealkylation sites (tertiary alicyclic amines) is 1. The van der Waals surface area contributed by atoms with Crippen molar-refractivity contribution < 1.29 is 13.5 Å². The van der Waals surface area contributed by atoms with Gasteiger partial charge in [-0.3, -0.25) is 9.36 Å². The average Bonchev–Trinajstić information content (AvgIpc) is 3.22. The van der Waals surface area contributed by atoms with E-state index < -0.39 is 17.5 Å². The van der Waals surface area contributed by atoms with Crippen LogP contribution in [0.2, 0.25) is 0 Å². The average molecular weight is 554 g/mol. The Balaban J connectivity index is 1.27. The van der Waals surface area contributed by atoms with Crippen LogP contribution in [-0.2, 0) is 5.92 Å². The first-order valence-electron chi connectivity index (χ1n) is 13.7. The second-order valence-electron chi connectivity index (χ2n) is 10.9. The minimum absolute atomic E-state index is 0.210. The number of ether oxygens (including phenoxy) is 1. The smallest absolute Gasteiger partial charge is 0.314 e. The molecule has 1 atom stereocenters. The van der Waals surface area contributed by atoms with Crippen molar-refractivity contribution in [3.63, 3.8) is 0 Å². The van der Waals surface area contributed by atoms with E-state index in [0.29, 0.717) is 35.2 Å². The highest BCUT2D eigenvalue weighted by molar-refractivity contribution is 5.79. The molecule has 41 heavy (non-hydrogen) atoms. The molecule has 7 nitrogen and oxygen atoms in total. The van der Waals surface area contributed by atoms with Gasteiger partial charge in [0.2, 0.25) is 0 Å². The third-order valence-corrected chi connectivity index (χ3v) is 8.17. The number of nitrogens with zero attached hydrogens (tertiary/aromatic N) is 5. The van der Waals surface area contributed by atoms with Gasteiger partial charge in [0.05, 0.1) is 36.7 Å². The topological polar surface area (TPSA) is 84.0 Å². The molecule has 0 radical (unpaired) electrons. The van der Waals surface area contributed by atoms with Gasteiger partial charge in [-0.1, -0.05) is 24.3 Å². The van der Waals surface area contributed by atoms with Crippen LogP contribution >= 0.6 is 0 Å². The summed E-state index contributed by atoms with van der Waals surface area (Å²) in [6, 6.07) is 15.4. The Kier molecular flexibility index (Phi) is 6.88. The van der Waals surface area contributed by atoms with E-state index in [1.54, 1.807) is 31.5 Å². The molecule has 0 saturated carbocycles. The fraction of sp³-hybridized carbons (Fsp3) is 0.312. The summed E-state index contributed by atoms with van der Waals surface area (Å²) < 4.78 is 38.7. The van der Waals surface area contributed by atoms with Crippen LogP contribution < -0.4 is 10.3 Å². The minimum Gasteiger partial charge on any atom is -0.490 e. The van der Waals surface area contributed by atoms with Crippen LogP contribution in [0.4, 0.5) is 8.78 Å². The Morgan fingerprint density at radius 3 is 2.56 bits per heavy atom. The highest BCUT2D eigenvalue weighted by Crippen LogP contribution is 2.51. The summed E-state index contributed by atoms with van der Waals surface area (Å²) in [5.74, 6) is -1.80. The number of piperidine rings is 1. The van der Waals surface area contributed by atoms with E-state index in [-0.39, 0.29) is 27.9 Å². The zero-order chi connectivity index (χ0) is 28.7. The molecule has 208 valence electrons. The van der Waals surface area contributed by atoms with Crippen molar-refractivity contribution in [2.75, 3.05) is 26.7 Å². The van der Waals surface area contributed by atoms with E-state index in [0.717, 1.165) is 30.5 Å². The molecule has 9 heteroatoms. The van der Waals surface area contributed by atoms with Crippen molar-refractivity contribution in [3.8, 4) is 34.3 Å². The molecule has 1 fully saturated rings. The summed E-state index contributed by atoms with van der Waals surface area (Å²) in [5, 5.41) is 9.30. The first-order chi connectivity index (χ1) is 19.8. The van der Waals surface area contributed by atoms with Crippen LogP contribution in [0, 0.1) is 17.2 Å². The van der Waals surface area contributed by atoms with E-state index in [2.05, 4.69) is 21.9 Å². The quantitative estimate of drug-likeness (QED) is 0.308. The van der Waals surface area contributed by atoms with E-state index in [4.69, 9.17) is 4.74 Å². The van der Waals surface area contributed by atoms with Crippen LogP contribution in [0.25, 0.3) is 22.5 Å². The number of fused-ring (bicyclic) bond motifs is 3. The second-order valence-corrected chi connectivity index (χ2v) is 10.9. The molecular weight excluding hydrogens is 524 g/mol. The monoisotopic (exact) mass is 553 g/mol. The van der Waals surface area contributed by atoms with Crippen molar-refractivity contribution in [1.29, 1.82) is 5.26 Å². The molecule has 3 heterocycles. The molecular formula is C32H29F2N5O2. The zero-order valence-corrected chi connectivity index (χ0v) is 22.8. The third kappa shape index (κ3) is 4.89. The molecule has 0 amide bonds. The zero-order valence-electron chi connectivity index (χ0n) is 22.8. The Morgan fingerprint density at radius 1 is 1.07 bits per heavy atom. The molecule has 0 spiro atoms. The number of hydrogen-bond acceptors (Lipinski definition) is 6. The lowest BCUT2D eigenvalue weighted by Gasteiger charge is -2.28. The molecule has 0 bridgehead atoms. The Morgan fingerprint density at radius 2 is 1.83 bits per heavy atom. The molecule has 1 aliphatic carbocycles. The van der Waals surface area contributed by atoms with Crippen molar-refractivity contribution >= 4 is 0 Å². The predicted molar refractivity (Wildman–Crippen MR) is 151 cm³/mol. The van der Waals surface area contributed by atoms with Gasteiger partial charge in [0.15, 0.2) is 11.6 Å². The van der Waals surface area contributed by atoms with E-state index in [9.17, 15) is 10.1 Å². The van der Waals surface area contributed by atoms with Crippen molar-refractivity contribution in [2.24, 2.45) is 5.92 Å². The highest BCUT2D eigenvalue weighted by Gasteiger charge is 2.47. The molecule has 2 aromatic heterocycles. The standard InChI is InChI=1S/C32H29F2N5O2/c1-20(39-29(40)9-7-26-27-14-22(16-35)6-8-28(27)32(33,34)30(26)39)23-4-3-5-24(15-23)31-36-17-25(18-37-31)41-19-21-10-12-38(2)13-11-21/h3-9,14-15,17-18,20-21H,10-13,19H2,1-2H3/t20-/m0/s1. The van der Waals surface area contributed by atoms with Gasteiger partial charge in [0.1, 0.15) is 5.69 Å². The fourth-order valence-electron chi connectivity index (χ4n) is 5.78. The van der Waals surface area contributed by atoms with Gasteiger partial charge in [0, 0.05) is 22.8 Å². The van der Waals surface area contributed by atoms with Crippen molar-refractivity contribution in [3.05, 3.63) is 99.7 Å². The largest absolute Gasteiger partial charge is 0.490 e. The van der Waals surface area contributed by atoms with Crippen LogP contribution in [0.5, 0.6) is 5.75 Å². The SMILES string of the molecule is C[C@@H](c1cccc(-c2ncc(OCC3CCN(C)CC3)cn2)c1)n1c2c(ccc1=O)-c1cc(C#N)ccc1C2(F)F. The lowest BCUT2D eigenvalue weighted by Crippen LogP contribution is -2.32. The first kappa shape index (κ1) is 26.8. The molecule has 0 unspecified atom stereocenters. The molecule has 6 rings (SSSR count). The normalized spacial score (nSPS) is 17.0. The van der Waals surface area contributed by atoms with Crippen LogP contribution in [0.15, 0.2) is 71.8 Å². The third-order valence-electron chi connectivity index (χ3n) is 8.17. The van der Waals surface area contributed by atoms with E-state index >= 15 is 8.78 Å². The van der Waals surface area contributed by atoms with Crippen LogP contribution in [-0.4, -0.2) is 46.2 Å². The Labute approximate surface area is 236 Å². The maximum atomic E-state index is 15.8. The van der Waals surface area contributed by atoms with Crippen molar-refractivity contribution in [2.45, 2.75) is 31.7 Å². The summed E-state index contributed by atoms with van der Waals surface area (Å²) >= 11 is 0. The maximum absolute atomic E-state index is 15.8. The molecule has 4 aromatic rings. The van der Waals surface area contributed by atoms with Gasteiger partial charge in [0.25, 0.3) is 5.56 Å². The van der Waals surface area contributed by atoms with Gasteiger partial charge >= 0.3 is 5.92 Å². The molecule has 0 N–H and O–H groups in total. The van der Waals surface area contributed by atoms with E-state index in [1.807, 2.05) is 18.2 Å². The number of pyridine rings is 1. The lowest BCUT2D eigenvalue weighted by molar-refractivity contribution is 0.0376. The van der Waals surface area contributed by atoms with Crippen molar-refractivity contribution in [1.82, 2.24) is 19.4 Å². The van der Waals surface area contributed by atoms with Gasteiger partial charge in [-0.05, 0) is 81.2 Å². The number of rotatable bonds is 6. The van der Waals surface area contributed by atoms with E-state index in [1.165, 1.54) is 30.3 Å². The number of alkyl halides is 2. The highest BCUT2D eigenvalue weighted by atomic mass is 19.3. The van der Waals surface area contributed by atoms with Crippen LogP contribution in [0.3, 0.4) is 0 Å². The number of benzene rings is 2. The number of halogens is 2. The summed E-state index contributed by atoms with van der Waals surface area (Å²) in [4.78, 5) is 24.4. The maximum Gasteiger partial charge on any atom is 0.314 e. The minimum atomic E-state index is -3.39. The van der Waals surface area contributed by atoms with Gasteiger partial charge in [-0.25, -0.2) is 9.97 Å². The number of nitriles is 1. The summed E-state index contributed by atoms with van der Waals surface area (Å²) in [7, 11) is 2.13. The Hall–Kier alpha value is -4.42. The second kappa shape index (κ2) is 10.5. The molecule has 2 aromatic carbocycles. The molecule has 1 aliphatic heterocycles. The summed E-state index contributed by atoms with van der Waals surface area (Å²) in [6.07, 6.45) is 5.50. The van der Waals surface area contributed by atoms with Crippen LogP contribution in [0.1, 0.15) is 48.2 Å². The molecule has 1 saturated heterocycles. The first-order valence-corrected chi connectivity index (χ1v) is 13.7. The number of hydrogen-bond donors (Lipinski definition) is 0. The summed E-state index contributed by atoms with van der Waals surface area (Å²) in [5.41, 5.74) is 1.06. The Bertz CT molecular complexity index is 1700.